The van der Waals surface area contributed by atoms with Crippen LogP contribution in [0.2, 0.25) is 0 Å². The monoisotopic (exact) mass is 190 g/mol. The molecule has 4 nitrogen and oxygen atoms in total. The average molecular weight is 190 g/mol. The van der Waals surface area contributed by atoms with E-state index < -0.39 is 0 Å². The molecule has 0 radical (unpaired) electrons. The van der Waals surface area contributed by atoms with Crippen LogP contribution >= 0.6 is 0 Å². The molecule has 72 valence electrons. The van der Waals surface area contributed by atoms with Crippen LogP contribution in [-0.4, -0.2) is 10.6 Å². The minimum atomic E-state index is -0.331. The van der Waals surface area contributed by atoms with Crippen LogP contribution in [0.25, 0.3) is 10.9 Å². The van der Waals surface area contributed by atoms with Crippen LogP contribution in [0.4, 0.5) is 0 Å². The van der Waals surface area contributed by atoms with E-state index >= 15 is 0 Å². The Morgan fingerprint density at radius 2 is 2.21 bits per heavy atom. The molecule has 2 N–H and O–H groups in total. The van der Waals surface area contributed by atoms with E-state index in [4.69, 9.17) is 10.6 Å². The molecule has 2 rings (SSSR count). The highest BCUT2D eigenvalue weighted by Gasteiger charge is 2.06. The molecular formula is C10H10N2O2. The summed E-state index contributed by atoms with van der Waals surface area (Å²) in [7, 11) is 0. The molecule has 0 aliphatic carbocycles. The van der Waals surface area contributed by atoms with E-state index in [0.717, 1.165) is 10.9 Å². The summed E-state index contributed by atoms with van der Waals surface area (Å²) in [6.07, 6.45) is 1.72. The first-order valence-electron chi connectivity index (χ1n) is 4.22. The van der Waals surface area contributed by atoms with Crippen LogP contribution in [0.3, 0.4) is 0 Å². The molecule has 4 heteroatoms. The Morgan fingerprint density at radius 1 is 1.43 bits per heavy atom. The Bertz CT molecular complexity index is 488. The lowest BCUT2D eigenvalue weighted by molar-refractivity contribution is -0.131. The van der Waals surface area contributed by atoms with E-state index in [0.29, 0.717) is 5.75 Å². The minimum absolute atomic E-state index is 0.331. The molecule has 2 aromatic rings. The second-order valence-electron chi connectivity index (χ2n) is 3.01. The molecule has 14 heavy (non-hydrogen) atoms. The number of hydrogen-bond donors (Lipinski definition) is 1. The molecule has 0 aliphatic heterocycles. The fourth-order valence-corrected chi connectivity index (χ4v) is 1.40. The van der Waals surface area contributed by atoms with Crippen LogP contribution in [0.5, 0.6) is 5.75 Å². The number of benzene rings is 1. The van der Waals surface area contributed by atoms with Crippen molar-refractivity contribution >= 4 is 16.9 Å². The molecule has 1 heterocycles. The number of ether oxygens (including phenoxy) is 1. The lowest BCUT2D eigenvalue weighted by atomic mass is 10.2. The molecule has 0 unspecified atom stereocenters. The van der Waals surface area contributed by atoms with Crippen LogP contribution in [0.15, 0.2) is 30.5 Å². The number of carbonyl (C=O) groups is 1. The van der Waals surface area contributed by atoms with Gasteiger partial charge in [-0.05, 0) is 18.2 Å². The highest BCUT2D eigenvalue weighted by molar-refractivity contribution is 5.88. The summed E-state index contributed by atoms with van der Waals surface area (Å²) in [5, 5.41) is 0.838. The van der Waals surface area contributed by atoms with Gasteiger partial charge in [0.05, 0.1) is 5.52 Å². The quantitative estimate of drug-likeness (QED) is 0.418. The smallest absolute Gasteiger partial charge is 0.308 e. The Morgan fingerprint density at radius 3 is 2.93 bits per heavy atom. The number of carbonyl (C=O) groups excluding carboxylic acids is 1. The third-order valence-electron chi connectivity index (χ3n) is 1.98. The van der Waals surface area contributed by atoms with E-state index in [1.165, 1.54) is 11.6 Å². The number of fused-ring (bicyclic) bond motifs is 1. The van der Waals surface area contributed by atoms with Gasteiger partial charge in [-0.3, -0.25) is 9.47 Å². The molecule has 1 aromatic carbocycles. The predicted molar refractivity (Wildman–Crippen MR) is 53.4 cm³/mol. The van der Waals surface area contributed by atoms with Gasteiger partial charge in [0, 0.05) is 18.5 Å². The molecular weight excluding hydrogens is 180 g/mol. The molecule has 0 spiro atoms. The van der Waals surface area contributed by atoms with Crippen LogP contribution in [-0.2, 0) is 4.79 Å². The molecule has 0 atom stereocenters. The van der Waals surface area contributed by atoms with Gasteiger partial charge in [-0.1, -0.05) is 6.07 Å². The molecule has 0 amide bonds. The van der Waals surface area contributed by atoms with Gasteiger partial charge in [-0.2, -0.15) is 0 Å². The van der Waals surface area contributed by atoms with Crippen molar-refractivity contribution in [2.75, 3.05) is 5.84 Å². The fourth-order valence-electron chi connectivity index (χ4n) is 1.40. The van der Waals surface area contributed by atoms with Crippen molar-refractivity contribution in [1.29, 1.82) is 0 Å². The summed E-state index contributed by atoms with van der Waals surface area (Å²) in [5.41, 5.74) is 0.837. The van der Waals surface area contributed by atoms with Gasteiger partial charge in [0.25, 0.3) is 0 Å². The summed E-state index contributed by atoms with van der Waals surface area (Å²) in [6, 6.07) is 7.21. The molecule has 0 saturated heterocycles. The Kier molecular flexibility index (Phi) is 1.89. The SMILES string of the molecule is CC(=O)Oc1cccc2c1ccn2N. The highest BCUT2D eigenvalue weighted by atomic mass is 16.5. The molecule has 0 bridgehead atoms. The Hall–Kier alpha value is -1.97. The lowest BCUT2D eigenvalue weighted by Crippen LogP contribution is -2.05. The van der Waals surface area contributed by atoms with E-state index in [2.05, 4.69) is 0 Å². The summed E-state index contributed by atoms with van der Waals surface area (Å²) in [6.45, 7) is 1.37. The van der Waals surface area contributed by atoms with Crippen molar-refractivity contribution in [2.45, 2.75) is 6.92 Å². The largest absolute Gasteiger partial charge is 0.426 e. The van der Waals surface area contributed by atoms with E-state index in [1.807, 2.05) is 12.1 Å². The van der Waals surface area contributed by atoms with Gasteiger partial charge in [-0.15, -0.1) is 0 Å². The zero-order valence-electron chi connectivity index (χ0n) is 7.73. The molecule has 0 fully saturated rings. The summed E-state index contributed by atoms with van der Waals surface area (Å²) in [4.78, 5) is 10.8. The number of nitrogens with two attached hydrogens (primary N) is 1. The summed E-state index contributed by atoms with van der Waals surface area (Å²) < 4.78 is 6.52. The maximum absolute atomic E-state index is 10.8. The third kappa shape index (κ3) is 1.31. The maximum atomic E-state index is 10.8. The minimum Gasteiger partial charge on any atom is -0.426 e. The highest BCUT2D eigenvalue weighted by Crippen LogP contribution is 2.25. The number of esters is 1. The van der Waals surface area contributed by atoms with E-state index in [-0.39, 0.29) is 5.97 Å². The third-order valence-corrected chi connectivity index (χ3v) is 1.98. The van der Waals surface area contributed by atoms with Gasteiger partial charge in [0.15, 0.2) is 0 Å². The first-order valence-corrected chi connectivity index (χ1v) is 4.22. The zero-order valence-corrected chi connectivity index (χ0v) is 7.73. The molecule has 0 aliphatic rings. The zero-order chi connectivity index (χ0) is 10.1. The fraction of sp³-hybridized carbons (Fsp3) is 0.100. The van der Waals surface area contributed by atoms with E-state index in [9.17, 15) is 4.79 Å². The van der Waals surface area contributed by atoms with E-state index in [1.54, 1.807) is 18.3 Å². The Labute approximate surface area is 80.8 Å². The topological polar surface area (TPSA) is 57.2 Å². The van der Waals surface area contributed by atoms with Crippen molar-refractivity contribution in [3.05, 3.63) is 30.5 Å². The first kappa shape index (κ1) is 8.62. The van der Waals surface area contributed by atoms with Gasteiger partial charge in [0.1, 0.15) is 5.75 Å². The Balaban J connectivity index is 2.59. The molecule has 0 saturated carbocycles. The first-order chi connectivity index (χ1) is 6.68. The number of nitrogens with zero attached hydrogens (tertiary/aromatic N) is 1. The van der Waals surface area contributed by atoms with Crippen molar-refractivity contribution in [1.82, 2.24) is 4.68 Å². The lowest BCUT2D eigenvalue weighted by Gasteiger charge is -2.02. The van der Waals surface area contributed by atoms with Gasteiger partial charge >= 0.3 is 5.97 Å². The van der Waals surface area contributed by atoms with Crippen molar-refractivity contribution in [3.63, 3.8) is 0 Å². The van der Waals surface area contributed by atoms with Gasteiger partial charge in [0.2, 0.25) is 0 Å². The second-order valence-corrected chi connectivity index (χ2v) is 3.01. The average Bonchev–Trinajstić information content (AvgIpc) is 2.49. The van der Waals surface area contributed by atoms with Crippen LogP contribution in [0, 0.1) is 0 Å². The van der Waals surface area contributed by atoms with Gasteiger partial charge in [-0.25, -0.2) is 0 Å². The predicted octanol–water partition coefficient (Wildman–Crippen LogP) is 1.28. The van der Waals surface area contributed by atoms with Crippen molar-refractivity contribution in [3.8, 4) is 5.75 Å². The van der Waals surface area contributed by atoms with Crippen LogP contribution in [0.1, 0.15) is 6.92 Å². The molecule has 1 aromatic heterocycles. The number of hydrogen-bond acceptors (Lipinski definition) is 3. The number of nitrogen functional groups attached to an aromatic ring is 1. The number of rotatable bonds is 1. The van der Waals surface area contributed by atoms with Crippen molar-refractivity contribution in [2.24, 2.45) is 0 Å². The normalized spacial score (nSPS) is 10.4. The number of aromatic nitrogens is 1. The van der Waals surface area contributed by atoms with Crippen molar-refractivity contribution < 1.29 is 9.53 Å². The second kappa shape index (κ2) is 3.06. The summed E-state index contributed by atoms with van der Waals surface area (Å²) >= 11 is 0. The maximum Gasteiger partial charge on any atom is 0.308 e. The van der Waals surface area contributed by atoms with Gasteiger partial charge < -0.3 is 10.6 Å². The van der Waals surface area contributed by atoms with Crippen LogP contribution < -0.4 is 10.6 Å². The standard InChI is InChI=1S/C10H10N2O2/c1-7(13)14-10-4-2-3-9-8(10)5-6-12(9)11/h2-6H,11H2,1H3. The summed E-state index contributed by atoms with van der Waals surface area (Å²) in [5.74, 6) is 5.86.